The maximum absolute atomic E-state index is 14.0. The average Bonchev–Trinajstić information content (AvgIpc) is 3.09. The van der Waals surface area contributed by atoms with E-state index < -0.39 is 5.82 Å². The molecule has 1 aromatic carbocycles. The second-order valence-corrected chi connectivity index (χ2v) is 8.67. The first-order chi connectivity index (χ1) is 15.9. The van der Waals surface area contributed by atoms with Gasteiger partial charge in [0.2, 0.25) is 5.91 Å². The Morgan fingerprint density at radius 1 is 1.33 bits per heavy atom. The third-order valence-electron chi connectivity index (χ3n) is 5.25. The number of hydrogen-bond acceptors (Lipinski definition) is 8. The maximum atomic E-state index is 14.0. The molecule has 2 aromatic heterocycles. The molecule has 9 nitrogen and oxygen atoms in total. The fraction of sp³-hybridized carbons (Fsp3) is 0.318. The Labute approximate surface area is 193 Å². The zero-order valence-electron chi connectivity index (χ0n) is 17.9. The average molecular weight is 469 g/mol. The number of aromatic nitrogens is 2. The third-order valence-corrected chi connectivity index (χ3v) is 6.45. The molecule has 0 unspecified atom stereocenters. The van der Waals surface area contributed by atoms with E-state index in [1.54, 1.807) is 13.0 Å². The second kappa shape index (κ2) is 9.38. The number of nitrogens with zero attached hydrogens (tertiary/aromatic N) is 3. The van der Waals surface area contributed by atoms with E-state index in [-0.39, 0.29) is 30.5 Å². The molecule has 3 N–H and O–H groups in total. The summed E-state index contributed by atoms with van der Waals surface area (Å²) in [7, 11) is 0. The minimum absolute atomic E-state index is 0.0537. The quantitative estimate of drug-likeness (QED) is 0.454. The number of amides is 2. The van der Waals surface area contributed by atoms with Crippen molar-refractivity contribution in [3.05, 3.63) is 40.8 Å². The fourth-order valence-electron chi connectivity index (χ4n) is 3.65. The monoisotopic (exact) mass is 468 g/mol. The van der Waals surface area contributed by atoms with Crippen LogP contribution in [0.4, 0.5) is 15.9 Å². The Kier molecular flexibility index (Phi) is 6.37. The van der Waals surface area contributed by atoms with Gasteiger partial charge < -0.3 is 20.7 Å². The highest BCUT2D eigenvalue weighted by Gasteiger charge is 2.32. The van der Waals surface area contributed by atoms with Crippen molar-refractivity contribution in [1.82, 2.24) is 20.6 Å². The molecule has 1 aliphatic carbocycles. The van der Waals surface area contributed by atoms with Gasteiger partial charge in [0.15, 0.2) is 0 Å². The summed E-state index contributed by atoms with van der Waals surface area (Å²) in [6.45, 7) is 3.16. The Morgan fingerprint density at radius 2 is 2.12 bits per heavy atom. The maximum Gasteiger partial charge on any atom is 0.262 e. The van der Waals surface area contributed by atoms with Crippen LogP contribution in [0.15, 0.2) is 24.5 Å². The molecule has 1 aliphatic rings. The number of carbonyl (C=O) groups excluding carboxylic acids is 2. The van der Waals surface area contributed by atoms with Crippen LogP contribution in [-0.2, 0) is 4.79 Å². The van der Waals surface area contributed by atoms with Crippen LogP contribution in [0.3, 0.4) is 0 Å². The van der Waals surface area contributed by atoms with E-state index >= 15 is 0 Å². The summed E-state index contributed by atoms with van der Waals surface area (Å²) in [6, 6.07) is 6.11. The first-order valence-electron chi connectivity index (χ1n) is 10.2. The van der Waals surface area contributed by atoms with Gasteiger partial charge in [0, 0.05) is 31.9 Å². The van der Waals surface area contributed by atoms with Crippen molar-refractivity contribution in [2.24, 2.45) is 0 Å². The van der Waals surface area contributed by atoms with Gasteiger partial charge in [-0.05, 0) is 24.6 Å². The number of ether oxygens (including phenoxy) is 1. The number of hydrogen-bond donors (Lipinski definition) is 3. The highest BCUT2D eigenvalue weighted by Crippen LogP contribution is 2.37. The molecule has 0 spiro atoms. The predicted octanol–water partition coefficient (Wildman–Crippen LogP) is 3.18. The Morgan fingerprint density at radius 3 is 2.85 bits per heavy atom. The molecule has 3 aromatic rings. The van der Waals surface area contributed by atoms with Gasteiger partial charge in [0.1, 0.15) is 41.2 Å². The highest BCUT2D eigenvalue weighted by molar-refractivity contribution is 7.20. The number of carbonyl (C=O) groups is 2. The van der Waals surface area contributed by atoms with Crippen molar-refractivity contribution in [3.8, 4) is 11.8 Å². The molecule has 33 heavy (non-hydrogen) atoms. The van der Waals surface area contributed by atoms with E-state index in [9.17, 15) is 14.0 Å². The first-order valence-corrected chi connectivity index (χ1v) is 11.1. The van der Waals surface area contributed by atoms with Crippen molar-refractivity contribution >= 4 is 44.9 Å². The number of halogens is 1. The Hall–Kier alpha value is -3.78. The molecule has 4 rings (SSSR count). The zero-order chi connectivity index (χ0) is 23.5. The smallest absolute Gasteiger partial charge is 0.262 e. The zero-order valence-corrected chi connectivity index (χ0v) is 18.8. The van der Waals surface area contributed by atoms with Crippen LogP contribution < -0.4 is 20.7 Å². The third kappa shape index (κ3) is 4.85. The van der Waals surface area contributed by atoms with E-state index in [0.717, 1.165) is 0 Å². The molecule has 0 radical (unpaired) electrons. The number of nitriles is 1. The van der Waals surface area contributed by atoms with E-state index in [1.165, 1.54) is 36.7 Å². The number of anilines is 2. The van der Waals surface area contributed by atoms with E-state index in [4.69, 9.17) is 10.00 Å². The molecule has 2 amide bonds. The van der Waals surface area contributed by atoms with Gasteiger partial charge in [-0.2, -0.15) is 5.26 Å². The molecule has 1 saturated carbocycles. The SMILES string of the molecule is CC(=O)NC1CC(Oc2cc(F)ccc2Nc2ncnc3sc(C(=O)NCC#N)c(C)c23)C1. The number of aryl methyl sites for hydroxylation is 1. The van der Waals surface area contributed by atoms with E-state index in [2.05, 4.69) is 25.9 Å². The Balaban J connectivity index is 1.59. The number of thiophene rings is 1. The normalized spacial score (nSPS) is 17.0. The lowest BCUT2D eigenvalue weighted by atomic mass is 9.89. The first kappa shape index (κ1) is 22.4. The molecule has 170 valence electrons. The predicted molar refractivity (Wildman–Crippen MR) is 121 cm³/mol. The van der Waals surface area contributed by atoms with Crippen LogP contribution >= 0.6 is 11.3 Å². The molecular weight excluding hydrogens is 447 g/mol. The van der Waals surface area contributed by atoms with Crippen LogP contribution in [0.5, 0.6) is 5.75 Å². The summed E-state index contributed by atoms with van der Waals surface area (Å²) in [5.41, 5.74) is 1.19. The van der Waals surface area contributed by atoms with Gasteiger partial charge >= 0.3 is 0 Å². The number of rotatable bonds is 7. The molecule has 0 atom stereocenters. The lowest BCUT2D eigenvalue weighted by molar-refractivity contribution is -0.120. The largest absolute Gasteiger partial charge is 0.488 e. The van der Waals surface area contributed by atoms with Crippen LogP contribution in [0.25, 0.3) is 10.2 Å². The number of benzene rings is 1. The topological polar surface area (TPSA) is 129 Å². The summed E-state index contributed by atoms with van der Waals surface area (Å²) in [5, 5.41) is 17.9. The number of fused-ring (bicyclic) bond motifs is 1. The van der Waals surface area contributed by atoms with Crippen molar-refractivity contribution in [3.63, 3.8) is 0 Å². The summed E-state index contributed by atoms with van der Waals surface area (Å²) < 4.78 is 19.9. The lowest BCUT2D eigenvalue weighted by Crippen LogP contribution is -2.48. The minimum Gasteiger partial charge on any atom is -0.488 e. The van der Waals surface area contributed by atoms with Crippen molar-refractivity contribution in [2.75, 3.05) is 11.9 Å². The van der Waals surface area contributed by atoms with Crippen LogP contribution in [0.1, 0.15) is 35.0 Å². The summed E-state index contributed by atoms with van der Waals surface area (Å²) in [6.07, 6.45) is 2.51. The van der Waals surface area contributed by atoms with Gasteiger partial charge in [-0.15, -0.1) is 11.3 Å². The van der Waals surface area contributed by atoms with Crippen LogP contribution in [0, 0.1) is 24.1 Å². The van der Waals surface area contributed by atoms with Crippen molar-refractivity contribution in [1.29, 1.82) is 5.26 Å². The standard InChI is InChI=1S/C22H21FN6O3S/c1-11-18-20(26-10-27-22(18)33-19(11)21(31)25-6-5-24)29-16-4-3-13(23)7-17(16)32-15-8-14(9-15)28-12(2)30/h3-4,7,10,14-15H,6,8-9H2,1-2H3,(H,25,31)(H,28,30)(H,26,27,29). The second-order valence-electron chi connectivity index (χ2n) is 7.67. The van der Waals surface area contributed by atoms with Crippen molar-refractivity contribution in [2.45, 2.75) is 38.8 Å². The molecule has 0 bridgehead atoms. The Bertz CT molecular complexity index is 1260. The lowest BCUT2D eigenvalue weighted by Gasteiger charge is -2.36. The molecule has 2 heterocycles. The molecule has 1 fully saturated rings. The molecule has 0 aliphatic heterocycles. The van der Waals surface area contributed by atoms with Crippen molar-refractivity contribution < 1.29 is 18.7 Å². The highest BCUT2D eigenvalue weighted by atomic mass is 32.1. The summed E-state index contributed by atoms with van der Waals surface area (Å²) >= 11 is 1.20. The van der Waals surface area contributed by atoms with Crippen LogP contribution in [0.2, 0.25) is 0 Å². The molecule has 0 saturated heterocycles. The van der Waals surface area contributed by atoms with E-state index in [0.29, 0.717) is 50.8 Å². The fourth-order valence-corrected chi connectivity index (χ4v) is 4.72. The van der Waals surface area contributed by atoms with Gasteiger partial charge in [0.25, 0.3) is 5.91 Å². The van der Waals surface area contributed by atoms with Gasteiger partial charge in [-0.3, -0.25) is 9.59 Å². The van der Waals surface area contributed by atoms with Crippen LogP contribution in [-0.4, -0.2) is 40.5 Å². The minimum atomic E-state index is -0.440. The summed E-state index contributed by atoms with van der Waals surface area (Å²) in [4.78, 5) is 33.2. The van der Waals surface area contributed by atoms with Gasteiger partial charge in [-0.1, -0.05) is 0 Å². The molecule has 11 heteroatoms. The van der Waals surface area contributed by atoms with Gasteiger partial charge in [-0.25, -0.2) is 14.4 Å². The van der Waals surface area contributed by atoms with Gasteiger partial charge in [0.05, 0.1) is 22.0 Å². The number of nitrogens with one attached hydrogen (secondary N) is 3. The summed E-state index contributed by atoms with van der Waals surface area (Å²) in [5.74, 6) is -0.106. The van der Waals surface area contributed by atoms with E-state index in [1.807, 2.05) is 6.07 Å². The molecular formula is C22H21FN6O3S.